The van der Waals surface area contributed by atoms with Crippen molar-refractivity contribution in [3.63, 3.8) is 0 Å². The summed E-state index contributed by atoms with van der Waals surface area (Å²) in [7, 11) is 1.50. The molecule has 35 heavy (non-hydrogen) atoms. The minimum Gasteiger partial charge on any atom is -0.507 e. The summed E-state index contributed by atoms with van der Waals surface area (Å²) in [6.45, 7) is 3.33. The zero-order valence-corrected chi connectivity index (χ0v) is 19.6. The highest BCUT2D eigenvalue weighted by Gasteiger charge is 2.47. The maximum Gasteiger partial charge on any atom is 0.308 e. The van der Waals surface area contributed by atoms with Crippen LogP contribution in [0.5, 0.6) is 11.5 Å². The van der Waals surface area contributed by atoms with Gasteiger partial charge in [-0.05, 0) is 53.9 Å². The van der Waals surface area contributed by atoms with E-state index in [0.29, 0.717) is 28.3 Å². The summed E-state index contributed by atoms with van der Waals surface area (Å²) in [6, 6.07) is 19.6. The van der Waals surface area contributed by atoms with Crippen molar-refractivity contribution in [2.75, 3.05) is 12.0 Å². The van der Waals surface area contributed by atoms with Crippen molar-refractivity contribution in [2.24, 2.45) is 0 Å². The third kappa shape index (κ3) is 4.66. The summed E-state index contributed by atoms with van der Waals surface area (Å²) < 4.78 is 10.4. The van der Waals surface area contributed by atoms with Crippen LogP contribution in [0.25, 0.3) is 5.76 Å². The number of hydrogen-bond acceptors (Lipinski definition) is 6. The minimum absolute atomic E-state index is 0.0388. The smallest absolute Gasteiger partial charge is 0.308 e. The Morgan fingerprint density at radius 3 is 2.26 bits per heavy atom. The van der Waals surface area contributed by atoms with Gasteiger partial charge in [0.2, 0.25) is 0 Å². The summed E-state index contributed by atoms with van der Waals surface area (Å²) in [4.78, 5) is 39.2. The number of hydrogen-bond donors (Lipinski definition) is 1. The number of rotatable bonds is 6. The number of methoxy groups -OCH3 is 1. The molecule has 4 rings (SSSR count). The van der Waals surface area contributed by atoms with Gasteiger partial charge in [0, 0.05) is 18.2 Å². The van der Waals surface area contributed by atoms with Gasteiger partial charge in [0.15, 0.2) is 0 Å². The number of carbonyl (C=O) groups excluding carboxylic acids is 3. The molecular weight excluding hydrogens is 446 g/mol. The van der Waals surface area contributed by atoms with E-state index in [-0.39, 0.29) is 11.3 Å². The summed E-state index contributed by atoms with van der Waals surface area (Å²) in [6.07, 6.45) is 0.829. The van der Waals surface area contributed by atoms with Crippen molar-refractivity contribution in [1.82, 2.24) is 0 Å². The van der Waals surface area contributed by atoms with E-state index in [1.165, 1.54) is 18.9 Å². The average Bonchev–Trinajstić information content (AvgIpc) is 3.14. The van der Waals surface area contributed by atoms with Gasteiger partial charge in [0.05, 0.1) is 18.7 Å². The lowest BCUT2D eigenvalue weighted by atomic mass is 9.95. The van der Waals surface area contributed by atoms with Gasteiger partial charge in [0.25, 0.3) is 11.7 Å². The number of aliphatic hydroxyl groups excluding tert-OH is 1. The highest BCUT2D eigenvalue weighted by Crippen LogP contribution is 2.42. The first kappa shape index (κ1) is 23.8. The molecule has 0 saturated carbocycles. The number of ether oxygens (including phenoxy) is 2. The molecule has 0 aliphatic carbocycles. The Hall–Kier alpha value is -4.39. The fourth-order valence-corrected chi connectivity index (χ4v) is 4.12. The Bertz CT molecular complexity index is 1310. The molecule has 1 fully saturated rings. The lowest BCUT2D eigenvalue weighted by Gasteiger charge is -2.25. The fourth-order valence-electron chi connectivity index (χ4n) is 4.12. The van der Waals surface area contributed by atoms with Gasteiger partial charge in [-0.2, -0.15) is 0 Å². The number of anilines is 1. The van der Waals surface area contributed by atoms with Crippen molar-refractivity contribution in [3.8, 4) is 11.5 Å². The van der Waals surface area contributed by atoms with Crippen LogP contribution in [0.4, 0.5) is 5.69 Å². The number of Topliss-reactive ketones (excluding diaryl/α,β-unsaturated/α-hetero) is 1. The van der Waals surface area contributed by atoms with E-state index in [4.69, 9.17) is 9.47 Å². The molecule has 1 aliphatic rings. The number of ketones is 1. The molecular formula is C28H25NO6. The fraction of sp³-hybridized carbons (Fsp3) is 0.179. The number of benzene rings is 3. The summed E-state index contributed by atoms with van der Waals surface area (Å²) >= 11 is 0. The second-order valence-electron chi connectivity index (χ2n) is 8.08. The van der Waals surface area contributed by atoms with Crippen LogP contribution in [0.2, 0.25) is 0 Å². The monoisotopic (exact) mass is 471 g/mol. The van der Waals surface area contributed by atoms with Crippen molar-refractivity contribution < 1.29 is 29.0 Å². The number of aryl methyl sites for hydroxylation is 1. The molecule has 3 aromatic rings. The van der Waals surface area contributed by atoms with E-state index in [9.17, 15) is 19.5 Å². The van der Waals surface area contributed by atoms with Crippen LogP contribution in [0, 0.1) is 0 Å². The number of carbonyl (C=O) groups is 3. The van der Waals surface area contributed by atoms with Crippen LogP contribution in [0.15, 0.2) is 78.4 Å². The highest BCUT2D eigenvalue weighted by molar-refractivity contribution is 6.51. The Morgan fingerprint density at radius 2 is 1.66 bits per heavy atom. The average molecular weight is 472 g/mol. The number of amides is 1. The molecule has 1 N–H and O–H groups in total. The molecule has 0 spiro atoms. The lowest BCUT2D eigenvalue weighted by molar-refractivity contribution is -0.132. The molecule has 7 heteroatoms. The van der Waals surface area contributed by atoms with Crippen LogP contribution < -0.4 is 14.4 Å². The van der Waals surface area contributed by atoms with Gasteiger partial charge in [-0.25, -0.2) is 0 Å². The first-order valence-corrected chi connectivity index (χ1v) is 11.2. The van der Waals surface area contributed by atoms with Crippen molar-refractivity contribution in [2.45, 2.75) is 26.3 Å². The lowest BCUT2D eigenvalue weighted by Crippen LogP contribution is -2.29. The Balaban J connectivity index is 1.88. The second kappa shape index (κ2) is 9.85. The molecule has 1 atom stereocenters. The Morgan fingerprint density at radius 1 is 0.971 bits per heavy atom. The van der Waals surface area contributed by atoms with Gasteiger partial charge < -0.3 is 14.6 Å². The first-order chi connectivity index (χ1) is 16.8. The third-order valence-electron chi connectivity index (χ3n) is 5.87. The van der Waals surface area contributed by atoms with Crippen LogP contribution in [0.3, 0.4) is 0 Å². The topological polar surface area (TPSA) is 93.1 Å². The van der Waals surface area contributed by atoms with Crippen molar-refractivity contribution in [3.05, 3.63) is 95.1 Å². The van der Waals surface area contributed by atoms with Gasteiger partial charge >= 0.3 is 5.97 Å². The van der Waals surface area contributed by atoms with Gasteiger partial charge in [0.1, 0.15) is 17.3 Å². The zero-order valence-electron chi connectivity index (χ0n) is 19.6. The molecule has 0 bridgehead atoms. The molecule has 3 aromatic carbocycles. The van der Waals surface area contributed by atoms with E-state index in [1.54, 1.807) is 60.7 Å². The third-order valence-corrected chi connectivity index (χ3v) is 5.87. The maximum atomic E-state index is 13.3. The van der Waals surface area contributed by atoms with E-state index >= 15 is 0 Å². The molecule has 178 valence electrons. The summed E-state index contributed by atoms with van der Waals surface area (Å²) in [5.74, 6) is -1.47. The van der Waals surface area contributed by atoms with Crippen LogP contribution in [0.1, 0.15) is 36.6 Å². The van der Waals surface area contributed by atoms with E-state index < -0.39 is 23.7 Å². The molecule has 1 heterocycles. The first-order valence-electron chi connectivity index (χ1n) is 11.2. The molecule has 1 amide bonds. The predicted octanol–water partition coefficient (Wildman–Crippen LogP) is 4.81. The largest absolute Gasteiger partial charge is 0.507 e. The van der Waals surface area contributed by atoms with Crippen LogP contribution in [-0.4, -0.2) is 29.9 Å². The second-order valence-corrected chi connectivity index (χ2v) is 8.08. The van der Waals surface area contributed by atoms with Gasteiger partial charge in [-0.15, -0.1) is 0 Å². The number of esters is 1. The van der Waals surface area contributed by atoms with Crippen LogP contribution in [-0.2, 0) is 20.8 Å². The molecule has 1 aliphatic heterocycles. The SMILES string of the molecule is CCc1ccc(N2C(=O)C(=O)/C(=C(\O)c3cccc(OC)c3)C2c2ccc(OC(C)=O)cc2)cc1. The Labute approximate surface area is 203 Å². The predicted molar refractivity (Wildman–Crippen MR) is 131 cm³/mol. The Kier molecular flexibility index (Phi) is 6.68. The van der Waals surface area contributed by atoms with Crippen molar-refractivity contribution >= 4 is 29.1 Å². The molecule has 0 aromatic heterocycles. The number of nitrogens with zero attached hydrogens (tertiary/aromatic N) is 1. The molecule has 1 unspecified atom stereocenters. The highest BCUT2D eigenvalue weighted by atomic mass is 16.5. The summed E-state index contributed by atoms with van der Waals surface area (Å²) in [5.41, 5.74) is 2.50. The van der Waals surface area contributed by atoms with Crippen LogP contribution >= 0.6 is 0 Å². The van der Waals surface area contributed by atoms with Gasteiger partial charge in [-0.1, -0.05) is 43.3 Å². The number of aliphatic hydroxyl groups is 1. The van der Waals surface area contributed by atoms with E-state index in [0.717, 1.165) is 12.0 Å². The molecule has 7 nitrogen and oxygen atoms in total. The van der Waals surface area contributed by atoms with Crippen molar-refractivity contribution in [1.29, 1.82) is 0 Å². The minimum atomic E-state index is -0.889. The zero-order chi connectivity index (χ0) is 25.1. The summed E-state index contributed by atoms with van der Waals surface area (Å²) in [5, 5.41) is 11.2. The standard InChI is InChI=1S/C28H25NO6/c1-4-18-8-12-21(13-9-18)29-25(19-10-14-22(15-11-19)35-17(2)30)24(27(32)28(29)33)26(31)20-6-5-7-23(16-20)34-3/h5-16,25,31H,4H2,1-3H3/b26-24-. The maximum absolute atomic E-state index is 13.3. The van der Waals surface area contributed by atoms with E-state index in [1.807, 2.05) is 19.1 Å². The van der Waals surface area contributed by atoms with E-state index in [2.05, 4.69) is 0 Å². The quantitative estimate of drug-likeness (QED) is 0.182. The van der Waals surface area contributed by atoms with Gasteiger partial charge in [-0.3, -0.25) is 19.3 Å². The molecule has 0 radical (unpaired) electrons. The normalized spacial score (nSPS) is 16.9. The molecule has 1 saturated heterocycles.